The van der Waals surface area contributed by atoms with Crippen LogP contribution in [0.4, 0.5) is 0 Å². The predicted molar refractivity (Wildman–Crippen MR) is 86.7 cm³/mol. The average Bonchev–Trinajstić information content (AvgIpc) is 3.14. The molecule has 7 nitrogen and oxygen atoms in total. The van der Waals surface area contributed by atoms with E-state index in [1.54, 1.807) is 18.2 Å². The van der Waals surface area contributed by atoms with Crippen LogP contribution in [0.5, 0.6) is 0 Å². The second-order valence-electron chi connectivity index (χ2n) is 5.65. The van der Waals surface area contributed by atoms with E-state index in [1.807, 2.05) is 0 Å². The molecule has 1 aliphatic heterocycles. The van der Waals surface area contributed by atoms with E-state index in [-0.39, 0.29) is 17.3 Å². The van der Waals surface area contributed by atoms with Crippen LogP contribution in [0.2, 0.25) is 0 Å². The minimum absolute atomic E-state index is 0.150. The Kier molecular flexibility index (Phi) is 4.96. The van der Waals surface area contributed by atoms with Crippen LogP contribution in [-0.4, -0.2) is 36.9 Å². The van der Waals surface area contributed by atoms with Crippen LogP contribution in [0.25, 0.3) is 0 Å². The van der Waals surface area contributed by atoms with Crippen LogP contribution in [0.3, 0.4) is 0 Å². The van der Waals surface area contributed by atoms with Gasteiger partial charge in [-0.2, -0.15) is 4.31 Å². The molecule has 0 aliphatic carbocycles. The van der Waals surface area contributed by atoms with E-state index < -0.39 is 10.0 Å². The molecule has 0 bridgehead atoms. The standard InChI is InChI=1S/C16H19N3O4S/c20-16(17-12-14-7-8-18-23-14)13-5-4-6-15(11-13)24(21,22)19-9-2-1-3-10-19/h4-8,11H,1-3,9-10,12H2,(H,17,20). The molecule has 1 saturated heterocycles. The van der Waals surface area contributed by atoms with Crippen LogP contribution in [0, 0.1) is 0 Å². The van der Waals surface area contributed by atoms with Gasteiger partial charge in [0, 0.05) is 24.7 Å². The van der Waals surface area contributed by atoms with Gasteiger partial charge in [-0.15, -0.1) is 0 Å². The van der Waals surface area contributed by atoms with E-state index in [1.165, 1.54) is 22.6 Å². The molecule has 2 aromatic rings. The second-order valence-corrected chi connectivity index (χ2v) is 7.59. The first-order valence-electron chi connectivity index (χ1n) is 7.85. The van der Waals surface area contributed by atoms with Gasteiger partial charge in [0.15, 0.2) is 5.76 Å². The zero-order chi connectivity index (χ0) is 17.0. The van der Waals surface area contributed by atoms with Gasteiger partial charge >= 0.3 is 0 Å². The summed E-state index contributed by atoms with van der Waals surface area (Å²) in [7, 11) is -3.55. The van der Waals surface area contributed by atoms with Gasteiger partial charge in [-0.05, 0) is 31.0 Å². The number of hydrogen-bond donors (Lipinski definition) is 1. The third kappa shape index (κ3) is 3.65. The Balaban J connectivity index is 1.74. The molecule has 1 aromatic heterocycles. The highest BCUT2D eigenvalue weighted by Gasteiger charge is 2.26. The number of nitrogens with zero attached hydrogens (tertiary/aromatic N) is 2. The highest BCUT2D eigenvalue weighted by molar-refractivity contribution is 7.89. The summed E-state index contributed by atoms with van der Waals surface area (Å²) in [5.74, 6) is 0.169. The van der Waals surface area contributed by atoms with Crippen molar-refractivity contribution in [2.75, 3.05) is 13.1 Å². The lowest BCUT2D eigenvalue weighted by molar-refractivity contribution is 0.0947. The van der Waals surface area contributed by atoms with Crippen molar-refractivity contribution in [2.45, 2.75) is 30.7 Å². The molecular formula is C16H19N3O4S. The molecule has 2 heterocycles. The topological polar surface area (TPSA) is 92.5 Å². The van der Waals surface area contributed by atoms with E-state index in [2.05, 4.69) is 10.5 Å². The largest absolute Gasteiger partial charge is 0.360 e. The summed E-state index contributed by atoms with van der Waals surface area (Å²) < 4.78 is 31.8. The smallest absolute Gasteiger partial charge is 0.251 e. The van der Waals surface area contributed by atoms with Gasteiger partial charge in [0.05, 0.1) is 17.6 Å². The van der Waals surface area contributed by atoms with Crippen molar-refractivity contribution in [1.29, 1.82) is 0 Å². The van der Waals surface area contributed by atoms with Gasteiger partial charge in [-0.3, -0.25) is 4.79 Å². The zero-order valence-corrected chi connectivity index (χ0v) is 14.0. The van der Waals surface area contributed by atoms with Crippen LogP contribution in [0.1, 0.15) is 35.4 Å². The first kappa shape index (κ1) is 16.7. The number of hydrogen-bond acceptors (Lipinski definition) is 5. The van der Waals surface area contributed by atoms with Crippen LogP contribution in [-0.2, 0) is 16.6 Å². The summed E-state index contributed by atoms with van der Waals surface area (Å²) in [5, 5.41) is 6.24. The van der Waals surface area contributed by atoms with Crippen molar-refractivity contribution in [1.82, 2.24) is 14.8 Å². The molecule has 1 aromatic carbocycles. The van der Waals surface area contributed by atoms with Crippen molar-refractivity contribution in [3.63, 3.8) is 0 Å². The highest BCUT2D eigenvalue weighted by Crippen LogP contribution is 2.21. The maximum absolute atomic E-state index is 12.7. The molecule has 0 radical (unpaired) electrons. The number of rotatable bonds is 5. The van der Waals surface area contributed by atoms with E-state index in [9.17, 15) is 13.2 Å². The summed E-state index contributed by atoms with van der Waals surface area (Å²) in [5.41, 5.74) is 0.299. The number of benzene rings is 1. The number of amides is 1. The minimum atomic E-state index is -3.55. The SMILES string of the molecule is O=C(NCc1ccno1)c1cccc(S(=O)(=O)N2CCCCC2)c1. The maximum atomic E-state index is 12.7. The van der Waals surface area contributed by atoms with Crippen molar-refractivity contribution < 1.29 is 17.7 Å². The molecule has 3 rings (SSSR count). The predicted octanol–water partition coefficient (Wildman–Crippen LogP) is 1.78. The first-order valence-corrected chi connectivity index (χ1v) is 9.29. The lowest BCUT2D eigenvalue weighted by atomic mass is 10.2. The summed E-state index contributed by atoms with van der Waals surface area (Å²) in [6.07, 6.45) is 4.29. The number of piperidine rings is 1. The van der Waals surface area contributed by atoms with Gasteiger partial charge in [0.1, 0.15) is 0 Å². The Morgan fingerprint density at radius 1 is 1.21 bits per heavy atom. The number of carbonyl (C=O) groups is 1. The highest BCUT2D eigenvalue weighted by atomic mass is 32.2. The summed E-state index contributed by atoms with van der Waals surface area (Å²) >= 11 is 0. The Morgan fingerprint density at radius 2 is 2.00 bits per heavy atom. The zero-order valence-electron chi connectivity index (χ0n) is 13.1. The maximum Gasteiger partial charge on any atom is 0.251 e. The van der Waals surface area contributed by atoms with Gasteiger partial charge in [0.25, 0.3) is 5.91 Å². The molecule has 0 spiro atoms. The van der Waals surface area contributed by atoms with Gasteiger partial charge in [-0.25, -0.2) is 8.42 Å². The Bertz CT molecular complexity index is 796. The fraction of sp³-hybridized carbons (Fsp3) is 0.375. The molecule has 8 heteroatoms. The molecule has 128 valence electrons. The average molecular weight is 349 g/mol. The molecule has 1 N–H and O–H groups in total. The van der Waals surface area contributed by atoms with Crippen LogP contribution in [0.15, 0.2) is 45.9 Å². The summed E-state index contributed by atoms with van der Waals surface area (Å²) in [6.45, 7) is 1.26. The quantitative estimate of drug-likeness (QED) is 0.888. The number of aromatic nitrogens is 1. The van der Waals surface area contributed by atoms with Crippen molar-refractivity contribution >= 4 is 15.9 Å². The lowest BCUT2D eigenvalue weighted by Crippen LogP contribution is -2.35. The Labute approximate surface area is 140 Å². The molecule has 0 saturated carbocycles. The van der Waals surface area contributed by atoms with Crippen molar-refractivity contribution in [3.05, 3.63) is 47.9 Å². The minimum Gasteiger partial charge on any atom is -0.360 e. The molecular weight excluding hydrogens is 330 g/mol. The second kappa shape index (κ2) is 7.14. The molecule has 24 heavy (non-hydrogen) atoms. The van der Waals surface area contributed by atoms with Crippen molar-refractivity contribution in [3.8, 4) is 0 Å². The van der Waals surface area contributed by atoms with E-state index in [0.29, 0.717) is 24.4 Å². The normalized spacial score (nSPS) is 16.0. The fourth-order valence-electron chi connectivity index (χ4n) is 2.65. The fourth-order valence-corrected chi connectivity index (χ4v) is 4.22. The van der Waals surface area contributed by atoms with Gasteiger partial charge in [0.2, 0.25) is 10.0 Å². The third-order valence-corrected chi connectivity index (χ3v) is 5.86. The Hall–Kier alpha value is -2.19. The summed E-state index contributed by atoms with van der Waals surface area (Å²) in [6, 6.07) is 7.76. The first-order chi connectivity index (χ1) is 11.6. The van der Waals surface area contributed by atoms with Crippen LogP contribution < -0.4 is 5.32 Å². The molecule has 0 unspecified atom stereocenters. The Morgan fingerprint density at radius 3 is 2.71 bits per heavy atom. The van der Waals surface area contributed by atoms with E-state index in [4.69, 9.17) is 4.52 Å². The molecule has 1 aliphatic rings. The van der Waals surface area contributed by atoms with Crippen LogP contribution >= 0.6 is 0 Å². The van der Waals surface area contributed by atoms with Gasteiger partial charge in [-0.1, -0.05) is 17.6 Å². The number of sulfonamides is 1. The summed E-state index contributed by atoms with van der Waals surface area (Å²) in [4.78, 5) is 12.4. The lowest BCUT2D eigenvalue weighted by Gasteiger charge is -2.26. The van der Waals surface area contributed by atoms with E-state index >= 15 is 0 Å². The van der Waals surface area contributed by atoms with E-state index in [0.717, 1.165) is 19.3 Å². The van der Waals surface area contributed by atoms with Gasteiger partial charge < -0.3 is 9.84 Å². The monoisotopic (exact) mass is 349 g/mol. The number of nitrogens with one attached hydrogen (secondary N) is 1. The molecule has 1 fully saturated rings. The third-order valence-electron chi connectivity index (χ3n) is 3.96. The van der Waals surface area contributed by atoms with Crippen molar-refractivity contribution in [2.24, 2.45) is 0 Å². The number of carbonyl (C=O) groups excluding carboxylic acids is 1. The molecule has 1 amide bonds. The molecule has 0 atom stereocenters.